The third-order valence-electron chi connectivity index (χ3n) is 4.79. The van der Waals surface area contributed by atoms with Gasteiger partial charge < -0.3 is 10.2 Å². The Balaban J connectivity index is 1.97. The summed E-state index contributed by atoms with van der Waals surface area (Å²) in [6, 6.07) is 10.5. The first-order valence-corrected chi connectivity index (χ1v) is 10.1. The molecule has 2 nitrogen and oxygen atoms in total. The number of aromatic hydroxyl groups is 2. The fourth-order valence-electron chi connectivity index (χ4n) is 3.17. The normalized spacial score (nSPS) is 11.1. The second-order valence-corrected chi connectivity index (χ2v) is 8.48. The summed E-state index contributed by atoms with van der Waals surface area (Å²) in [4.78, 5) is 0. The van der Waals surface area contributed by atoms with Crippen LogP contribution in [0.4, 0.5) is 0 Å². The number of phenolic OH excluding ortho intramolecular Hbond substituents is 2. The highest BCUT2D eigenvalue weighted by Crippen LogP contribution is 2.34. The van der Waals surface area contributed by atoms with Gasteiger partial charge in [0.1, 0.15) is 11.5 Å². The number of halogens is 4. The first kappa shape index (κ1) is 21.1. The van der Waals surface area contributed by atoms with Crippen molar-refractivity contribution in [3.8, 4) is 11.5 Å². The molecule has 0 fully saturated rings. The molecule has 0 heterocycles. The summed E-state index contributed by atoms with van der Waals surface area (Å²) in [6.45, 7) is 4.10. The lowest BCUT2D eigenvalue weighted by atomic mass is 9.92. The average Bonchev–Trinajstić information content (AvgIpc) is 2.61. The van der Waals surface area contributed by atoms with Crippen LogP contribution in [0.1, 0.15) is 33.4 Å². The molecule has 0 radical (unpaired) electrons. The average molecular weight is 456 g/mol. The molecule has 6 heteroatoms. The van der Waals surface area contributed by atoms with Crippen molar-refractivity contribution < 1.29 is 10.2 Å². The largest absolute Gasteiger partial charge is 0.506 e. The van der Waals surface area contributed by atoms with Crippen molar-refractivity contribution in [2.45, 2.75) is 26.7 Å². The van der Waals surface area contributed by atoms with Crippen molar-refractivity contribution in [2.24, 2.45) is 0 Å². The molecule has 0 saturated heterocycles. The van der Waals surface area contributed by atoms with Gasteiger partial charge in [-0.15, -0.1) is 0 Å². The lowest BCUT2D eigenvalue weighted by molar-refractivity contribution is 0.475. The van der Waals surface area contributed by atoms with Gasteiger partial charge >= 0.3 is 0 Å². The van der Waals surface area contributed by atoms with Gasteiger partial charge in [-0.05, 0) is 72.2 Å². The monoisotopic (exact) mass is 454 g/mol. The highest BCUT2D eigenvalue weighted by molar-refractivity contribution is 6.35. The number of phenols is 2. The molecule has 146 valence electrons. The minimum absolute atomic E-state index is 0.0319. The van der Waals surface area contributed by atoms with E-state index in [2.05, 4.69) is 12.1 Å². The summed E-state index contributed by atoms with van der Waals surface area (Å²) in [6.07, 6.45) is 1.17. The molecule has 0 spiro atoms. The zero-order chi connectivity index (χ0) is 20.6. The quantitative estimate of drug-likeness (QED) is 0.427. The second kappa shape index (κ2) is 8.42. The van der Waals surface area contributed by atoms with E-state index in [-0.39, 0.29) is 21.5 Å². The minimum atomic E-state index is -0.0319. The maximum absolute atomic E-state index is 9.70. The van der Waals surface area contributed by atoms with Gasteiger partial charge in [0.05, 0.1) is 10.0 Å². The molecule has 3 aromatic rings. The van der Waals surface area contributed by atoms with E-state index in [0.717, 1.165) is 33.4 Å². The number of hydrogen-bond donors (Lipinski definition) is 2. The van der Waals surface area contributed by atoms with Crippen LogP contribution in [-0.2, 0) is 12.8 Å². The van der Waals surface area contributed by atoms with E-state index in [9.17, 15) is 10.2 Å². The van der Waals surface area contributed by atoms with Crippen molar-refractivity contribution in [1.82, 2.24) is 0 Å². The Morgan fingerprint density at radius 3 is 1.32 bits per heavy atom. The van der Waals surface area contributed by atoms with E-state index in [4.69, 9.17) is 46.4 Å². The van der Waals surface area contributed by atoms with E-state index < -0.39 is 0 Å². The SMILES string of the molecule is Cc1cc(C)c(Cc2cc(Cl)c(O)cc2Cl)cc1Cc1cc(Cl)c(O)cc1Cl. The minimum Gasteiger partial charge on any atom is -0.506 e. The predicted molar refractivity (Wildman–Crippen MR) is 118 cm³/mol. The number of aryl methyl sites for hydroxylation is 2. The molecule has 2 N–H and O–H groups in total. The fraction of sp³-hybridized carbons (Fsp3) is 0.182. The van der Waals surface area contributed by atoms with E-state index in [1.54, 1.807) is 12.1 Å². The van der Waals surface area contributed by atoms with Crippen molar-refractivity contribution in [1.29, 1.82) is 0 Å². The third kappa shape index (κ3) is 4.52. The van der Waals surface area contributed by atoms with Crippen molar-refractivity contribution >= 4 is 46.4 Å². The molecule has 28 heavy (non-hydrogen) atoms. The maximum atomic E-state index is 9.70. The van der Waals surface area contributed by atoms with E-state index in [0.29, 0.717) is 22.9 Å². The molecule has 0 aliphatic heterocycles. The Hall–Kier alpha value is -1.58. The summed E-state index contributed by atoms with van der Waals surface area (Å²) in [5.74, 6) is -0.0637. The Labute approximate surface area is 184 Å². The van der Waals surface area contributed by atoms with Crippen LogP contribution in [0.5, 0.6) is 11.5 Å². The second-order valence-electron chi connectivity index (χ2n) is 6.85. The Morgan fingerprint density at radius 2 is 0.929 bits per heavy atom. The zero-order valence-electron chi connectivity index (χ0n) is 15.3. The van der Waals surface area contributed by atoms with E-state index >= 15 is 0 Å². The summed E-state index contributed by atoms with van der Waals surface area (Å²) >= 11 is 24.7. The van der Waals surface area contributed by atoms with Crippen LogP contribution < -0.4 is 0 Å². The van der Waals surface area contributed by atoms with Gasteiger partial charge in [0.15, 0.2) is 0 Å². The number of benzene rings is 3. The predicted octanol–water partition coefficient (Wildman–Crippen LogP) is 7.51. The molecule has 0 bridgehead atoms. The molecule has 0 amide bonds. The van der Waals surface area contributed by atoms with Gasteiger partial charge in [0.2, 0.25) is 0 Å². The third-order valence-corrected chi connectivity index (χ3v) is 6.10. The van der Waals surface area contributed by atoms with Crippen LogP contribution in [0, 0.1) is 13.8 Å². The van der Waals surface area contributed by atoms with Gasteiger partial charge in [-0.3, -0.25) is 0 Å². The highest BCUT2D eigenvalue weighted by Gasteiger charge is 2.13. The molecular weight excluding hydrogens is 438 g/mol. The van der Waals surface area contributed by atoms with Crippen LogP contribution in [0.15, 0.2) is 36.4 Å². The van der Waals surface area contributed by atoms with Crippen LogP contribution in [0.25, 0.3) is 0 Å². The molecule has 0 saturated carbocycles. The summed E-state index contributed by atoms with van der Waals surface area (Å²) in [5, 5.41) is 20.9. The molecule has 0 aromatic heterocycles. The Bertz CT molecular complexity index is 980. The van der Waals surface area contributed by atoms with Crippen molar-refractivity contribution in [3.05, 3.63) is 89.9 Å². The van der Waals surface area contributed by atoms with Crippen molar-refractivity contribution in [3.63, 3.8) is 0 Å². The summed E-state index contributed by atoms with van der Waals surface area (Å²) in [5.41, 5.74) is 6.16. The van der Waals surface area contributed by atoms with Crippen LogP contribution >= 0.6 is 46.4 Å². The molecule has 0 aliphatic rings. The fourth-order valence-corrected chi connectivity index (χ4v) is 3.99. The van der Waals surface area contributed by atoms with Gasteiger partial charge in [-0.2, -0.15) is 0 Å². The van der Waals surface area contributed by atoms with Crippen LogP contribution in [-0.4, -0.2) is 10.2 Å². The maximum Gasteiger partial charge on any atom is 0.135 e. The van der Waals surface area contributed by atoms with Gasteiger partial charge in [0.25, 0.3) is 0 Å². The highest BCUT2D eigenvalue weighted by atomic mass is 35.5. The molecule has 0 unspecified atom stereocenters. The number of hydrogen-bond acceptors (Lipinski definition) is 2. The van der Waals surface area contributed by atoms with E-state index in [1.165, 1.54) is 12.1 Å². The first-order chi connectivity index (χ1) is 13.2. The smallest absolute Gasteiger partial charge is 0.135 e. The molecule has 0 atom stereocenters. The number of rotatable bonds is 4. The lowest BCUT2D eigenvalue weighted by Gasteiger charge is -2.15. The molecular formula is C22H18Cl4O2. The standard InChI is InChI=1S/C22H18Cl4O2/c1-11-3-12(2)14(6-16-8-20(26)22(28)10-18(16)24)4-13(11)5-15-7-19(25)21(27)9-17(15)23/h3-4,7-10,27-28H,5-6H2,1-2H3. The topological polar surface area (TPSA) is 40.5 Å². The Morgan fingerprint density at radius 1 is 0.536 bits per heavy atom. The van der Waals surface area contributed by atoms with Crippen LogP contribution in [0.2, 0.25) is 20.1 Å². The first-order valence-electron chi connectivity index (χ1n) is 8.58. The Kier molecular flexibility index (Phi) is 6.36. The van der Waals surface area contributed by atoms with Gasteiger partial charge in [0, 0.05) is 22.2 Å². The van der Waals surface area contributed by atoms with Crippen LogP contribution in [0.3, 0.4) is 0 Å². The molecule has 3 rings (SSSR count). The van der Waals surface area contributed by atoms with Crippen molar-refractivity contribution in [2.75, 3.05) is 0 Å². The summed E-state index contributed by atoms with van der Waals surface area (Å²) < 4.78 is 0. The van der Waals surface area contributed by atoms with Gasteiger partial charge in [-0.1, -0.05) is 58.5 Å². The molecule has 0 aliphatic carbocycles. The lowest BCUT2D eigenvalue weighted by Crippen LogP contribution is -2.00. The zero-order valence-corrected chi connectivity index (χ0v) is 18.3. The van der Waals surface area contributed by atoms with E-state index in [1.807, 2.05) is 13.8 Å². The molecule has 3 aromatic carbocycles. The summed E-state index contributed by atoms with van der Waals surface area (Å²) in [7, 11) is 0. The van der Waals surface area contributed by atoms with Gasteiger partial charge in [-0.25, -0.2) is 0 Å².